The molecule has 0 unspecified atom stereocenters. The summed E-state index contributed by atoms with van der Waals surface area (Å²) in [4.78, 5) is 25.7. The summed E-state index contributed by atoms with van der Waals surface area (Å²) in [5, 5.41) is 0.900. The van der Waals surface area contributed by atoms with Gasteiger partial charge in [0.1, 0.15) is 9.71 Å². The van der Waals surface area contributed by atoms with E-state index in [4.69, 9.17) is 4.74 Å². The molecule has 0 aliphatic heterocycles. The first kappa shape index (κ1) is 14.5. The van der Waals surface area contributed by atoms with Crippen molar-refractivity contribution in [2.45, 2.75) is 13.8 Å². The van der Waals surface area contributed by atoms with E-state index in [0.29, 0.717) is 11.5 Å². The molecule has 2 heterocycles. The van der Waals surface area contributed by atoms with Crippen LogP contribution in [0.1, 0.15) is 22.2 Å². The highest BCUT2D eigenvalue weighted by Crippen LogP contribution is 2.31. The number of esters is 1. The lowest BCUT2D eigenvalue weighted by molar-refractivity contribution is 0.0531. The van der Waals surface area contributed by atoms with Crippen molar-refractivity contribution in [2.75, 3.05) is 6.61 Å². The van der Waals surface area contributed by atoms with Crippen LogP contribution in [0.4, 0.5) is 0 Å². The fourth-order valence-electron chi connectivity index (χ4n) is 2.42. The standard InChI is InChI=1S/C17H15NO3S/c1-3-21-17(20)15-11(2)13-9-10-14(19)18(16(13)22-15)12-7-5-4-6-8-12/h4-10H,3H2,1-2H3. The smallest absolute Gasteiger partial charge is 0.348 e. The monoisotopic (exact) mass is 313 g/mol. The lowest BCUT2D eigenvalue weighted by atomic mass is 10.2. The number of ether oxygens (including phenoxy) is 1. The van der Waals surface area contributed by atoms with Crippen LogP contribution in [0.25, 0.3) is 15.9 Å². The minimum Gasteiger partial charge on any atom is -0.462 e. The second kappa shape index (κ2) is 5.77. The number of hydrogen-bond donors (Lipinski definition) is 0. The maximum atomic E-state index is 12.3. The van der Waals surface area contributed by atoms with E-state index in [1.807, 2.05) is 37.3 Å². The maximum absolute atomic E-state index is 12.3. The van der Waals surface area contributed by atoms with E-state index < -0.39 is 0 Å². The van der Waals surface area contributed by atoms with Crippen molar-refractivity contribution in [1.82, 2.24) is 4.57 Å². The van der Waals surface area contributed by atoms with E-state index in [0.717, 1.165) is 21.5 Å². The molecule has 0 radical (unpaired) electrons. The Morgan fingerprint density at radius 1 is 1.18 bits per heavy atom. The number of aromatic nitrogens is 1. The van der Waals surface area contributed by atoms with Gasteiger partial charge in [0.25, 0.3) is 5.56 Å². The number of carbonyl (C=O) groups excluding carboxylic acids is 1. The lowest BCUT2D eigenvalue weighted by Gasteiger charge is -2.06. The van der Waals surface area contributed by atoms with E-state index in [1.165, 1.54) is 17.4 Å². The third-order valence-corrected chi connectivity index (χ3v) is 4.74. The molecular weight excluding hydrogens is 298 g/mol. The molecule has 0 aliphatic carbocycles. The van der Waals surface area contributed by atoms with Crippen molar-refractivity contribution >= 4 is 27.5 Å². The van der Waals surface area contributed by atoms with E-state index in [2.05, 4.69) is 0 Å². The van der Waals surface area contributed by atoms with Gasteiger partial charge in [-0.25, -0.2) is 4.79 Å². The van der Waals surface area contributed by atoms with Gasteiger partial charge >= 0.3 is 5.97 Å². The van der Waals surface area contributed by atoms with Gasteiger partial charge < -0.3 is 4.74 Å². The van der Waals surface area contributed by atoms with Crippen LogP contribution in [0.15, 0.2) is 47.3 Å². The zero-order chi connectivity index (χ0) is 15.7. The summed E-state index contributed by atoms with van der Waals surface area (Å²) in [6.07, 6.45) is 0. The van der Waals surface area contributed by atoms with Crippen LogP contribution in [0, 0.1) is 6.92 Å². The second-order valence-electron chi connectivity index (χ2n) is 4.84. The Morgan fingerprint density at radius 2 is 1.91 bits per heavy atom. The highest BCUT2D eigenvalue weighted by molar-refractivity contribution is 7.20. The van der Waals surface area contributed by atoms with E-state index in [1.54, 1.807) is 17.6 Å². The Morgan fingerprint density at radius 3 is 2.59 bits per heavy atom. The van der Waals surface area contributed by atoms with Crippen molar-refractivity contribution in [3.63, 3.8) is 0 Å². The van der Waals surface area contributed by atoms with Crippen LogP contribution in [-0.2, 0) is 4.74 Å². The quantitative estimate of drug-likeness (QED) is 0.695. The van der Waals surface area contributed by atoms with Gasteiger partial charge in [0, 0.05) is 11.5 Å². The van der Waals surface area contributed by atoms with Gasteiger partial charge in [0.05, 0.1) is 12.3 Å². The summed E-state index contributed by atoms with van der Waals surface area (Å²) in [5.74, 6) is -0.340. The van der Waals surface area contributed by atoms with Gasteiger partial charge in [-0.1, -0.05) is 18.2 Å². The average molecular weight is 313 g/mol. The number of nitrogens with zero attached hydrogens (tertiary/aromatic N) is 1. The lowest BCUT2D eigenvalue weighted by Crippen LogP contribution is -2.16. The fourth-order valence-corrected chi connectivity index (χ4v) is 3.63. The van der Waals surface area contributed by atoms with Crippen molar-refractivity contribution in [3.8, 4) is 5.69 Å². The van der Waals surface area contributed by atoms with Crippen LogP contribution in [-0.4, -0.2) is 17.1 Å². The third-order valence-electron chi connectivity index (χ3n) is 3.47. The van der Waals surface area contributed by atoms with Crippen LogP contribution in [0.3, 0.4) is 0 Å². The number of fused-ring (bicyclic) bond motifs is 1. The number of thiophene rings is 1. The van der Waals surface area contributed by atoms with Crippen LogP contribution >= 0.6 is 11.3 Å². The zero-order valence-electron chi connectivity index (χ0n) is 12.3. The van der Waals surface area contributed by atoms with E-state index in [9.17, 15) is 9.59 Å². The van der Waals surface area contributed by atoms with Crippen LogP contribution in [0.2, 0.25) is 0 Å². The first-order valence-corrected chi connectivity index (χ1v) is 7.83. The SMILES string of the molecule is CCOC(=O)c1sc2c(ccc(=O)n2-c2ccccc2)c1C. The largest absolute Gasteiger partial charge is 0.462 e. The number of carbonyl (C=O) groups is 1. The zero-order valence-corrected chi connectivity index (χ0v) is 13.1. The number of aryl methyl sites for hydroxylation is 1. The van der Waals surface area contributed by atoms with Crippen molar-refractivity contribution in [2.24, 2.45) is 0 Å². The Bertz CT molecular complexity index is 893. The Hall–Kier alpha value is -2.40. The third kappa shape index (κ3) is 2.33. The van der Waals surface area contributed by atoms with Crippen LogP contribution in [0.5, 0.6) is 0 Å². The Balaban J connectivity index is 2.30. The molecule has 0 saturated carbocycles. The summed E-state index contributed by atoms with van der Waals surface area (Å²) in [5.41, 5.74) is 1.52. The van der Waals surface area contributed by atoms with Gasteiger partial charge in [-0.05, 0) is 37.6 Å². The molecule has 2 aromatic heterocycles. The summed E-state index contributed by atoms with van der Waals surface area (Å²) < 4.78 is 6.73. The molecule has 3 aromatic rings. The Kier molecular flexibility index (Phi) is 3.81. The van der Waals surface area contributed by atoms with Gasteiger partial charge in [-0.15, -0.1) is 11.3 Å². The van der Waals surface area contributed by atoms with E-state index >= 15 is 0 Å². The fraction of sp³-hybridized carbons (Fsp3) is 0.176. The molecule has 0 N–H and O–H groups in total. The van der Waals surface area contributed by atoms with Gasteiger partial charge in [-0.2, -0.15) is 0 Å². The molecule has 0 aliphatic rings. The number of benzene rings is 1. The summed E-state index contributed by atoms with van der Waals surface area (Å²) in [6, 6.07) is 12.7. The first-order valence-electron chi connectivity index (χ1n) is 7.01. The summed E-state index contributed by atoms with van der Waals surface area (Å²) >= 11 is 1.30. The highest BCUT2D eigenvalue weighted by Gasteiger charge is 2.19. The minimum absolute atomic E-state index is 0.115. The van der Waals surface area contributed by atoms with Crippen LogP contribution < -0.4 is 5.56 Å². The molecular formula is C17H15NO3S. The number of rotatable bonds is 3. The van der Waals surface area contributed by atoms with E-state index in [-0.39, 0.29) is 11.5 Å². The molecule has 112 valence electrons. The topological polar surface area (TPSA) is 48.3 Å². The molecule has 0 amide bonds. The van der Waals surface area contributed by atoms with Gasteiger partial charge in [0.15, 0.2) is 0 Å². The molecule has 3 rings (SSSR count). The minimum atomic E-state index is -0.340. The van der Waals surface area contributed by atoms with Crippen molar-refractivity contribution in [3.05, 3.63) is 63.3 Å². The predicted molar refractivity (Wildman–Crippen MR) is 88.1 cm³/mol. The molecule has 0 saturated heterocycles. The number of pyridine rings is 1. The predicted octanol–water partition coefficient (Wildman–Crippen LogP) is 3.54. The Labute approximate surface area is 131 Å². The molecule has 22 heavy (non-hydrogen) atoms. The molecule has 1 aromatic carbocycles. The molecule has 0 spiro atoms. The molecule has 0 bridgehead atoms. The molecule has 0 atom stereocenters. The summed E-state index contributed by atoms with van der Waals surface area (Å²) in [6.45, 7) is 3.99. The normalized spacial score (nSPS) is 10.8. The number of para-hydroxylation sites is 1. The first-order chi connectivity index (χ1) is 10.6. The summed E-state index contributed by atoms with van der Waals surface area (Å²) in [7, 11) is 0. The van der Waals surface area contributed by atoms with Gasteiger partial charge in [0.2, 0.25) is 0 Å². The molecule has 5 heteroatoms. The van der Waals surface area contributed by atoms with Crippen molar-refractivity contribution in [1.29, 1.82) is 0 Å². The molecule has 4 nitrogen and oxygen atoms in total. The average Bonchev–Trinajstić information content (AvgIpc) is 2.85. The van der Waals surface area contributed by atoms with Crippen molar-refractivity contribution < 1.29 is 9.53 Å². The molecule has 0 fully saturated rings. The highest BCUT2D eigenvalue weighted by atomic mass is 32.1. The number of hydrogen-bond acceptors (Lipinski definition) is 4. The maximum Gasteiger partial charge on any atom is 0.348 e. The second-order valence-corrected chi connectivity index (χ2v) is 5.84. The van der Waals surface area contributed by atoms with Gasteiger partial charge in [-0.3, -0.25) is 9.36 Å².